The third kappa shape index (κ3) is 4.12. The molecule has 2 aliphatic rings. The van der Waals surface area contributed by atoms with Crippen LogP contribution in [0.3, 0.4) is 0 Å². The number of rotatable bonds is 6. The minimum absolute atomic E-state index is 0.115. The van der Waals surface area contributed by atoms with Gasteiger partial charge in [-0.3, -0.25) is 19.4 Å². The van der Waals surface area contributed by atoms with E-state index < -0.39 is 0 Å². The molecule has 0 atom stereocenters. The lowest BCUT2D eigenvalue weighted by molar-refractivity contribution is -0.138. The van der Waals surface area contributed by atoms with Crippen molar-refractivity contribution in [3.8, 4) is 0 Å². The van der Waals surface area contributed by atoms with E-state index in [1.54, 1.807) is 12.1 Å². The molecule has 30 heavy (non-hydrogen) atoms. The summed E-state index contributed by atoms with van der Waals surface area (Å²) in [5, 5.41) is 9.79. The monoisotopic (exact) mass is 425 g/mol. The molecule has 2 aromatic carbocycles. The van der Waals surface area contributed by atoms with E-state index in [1.807, 2.05) is 47.4 Å². The predicted molar refractivity (Wildman–Crippen MR) is 115 cm³/mol. The summed E-state index contributed by atoms with van der Waals surface area (Å²) in [4.78, 5) is 32.3. The topological polar surface area (TPSA) is 64.1 Å². The zero-order valence-electron chi connectivity index (χ0n) is 16.6. The standard InChI is InChI=1S/C23H24ClN3O3/c24-19-8-6-17(7-9-19)16-27-22(29)20(18-4-2-1-3-5-18)21(23(27)30)26-12-10-25(11-13-26)14-15-28/h1-9,28H,10-16H2. The highest BCUT2D eigenvalue weighted by Crippen LogP contribution is 2.33. The maximum absolute atomic E-state index is 13.4. The molecule has 2 aromatic rings. The Labute approximate surface area is 181 Å². The van der Waals surface area contributed by atoms with Gasteiger partial charge in [0.25, 0.3) is 11.8 Å². The quantitative estimate of drug-likeness (QED) is 0.719. The zero-order valence-corrected chi connectivity index (χ0v) is 17.4. The second kappa shape index (κ2) is 9.00. The van der Waals surface area contributed by atoms with Crippen LogP contribution >= 0.6 is 11.6 Å². The van der Waals surface area contributed by atoms with Gasteiger partial charge in [-0.25, -0.2) is 0 Å². The number of aliphatic hydroxyl groups excluding tert-OH is 1. The van der Waals surface area contributed by atoms with Gasteiger partial charge in [-0.15, -0.1) is 0 Å². The van der Waals surface area contributed by atoms with Crippen molar-refractivity contribution in [2.75, 3.05) is 39.3 Å². The van der Waals surface area contributed by atoms with Gasteiger partial charge in [-0.1, -0.05) is 54.1 Å². The lowest BCUT2D eigenvalue weighted by atomic mass is 10.0. The van der Waals surface area contributed by atoms with Gasteiger partial charge in [0.15, 0.2) is 0 Å². The van der Waals surface area contributed by atoms with Gasteiger partial charge in [0.1, 0.15) is 5.70 Å². The number of nitrogens with zero attached hydrogens (tertiary/aromatic N) is 3. The first kappa shape index (κ1) is 20.6. The molecule has 0 spiro atoms. The van der Waals surface area contributed by atoms with Crippen LogP contribution in [-0.2, 0) is 16.1 Å². The highest BCUT2D eigenvalue weighted by molar-refractivity contribution is 6.35. The molecule has 2 heterocycles. The van der Waals surface area contributed by atoms with Gasteiger partial charge in [0.05, 0.1) is 18.7 Å². The Morgan fingerprint density at radius 3 is 2.17 bits per heavy atom. The number of carbonyl (C=O) groups excluding carboxylic acids is 2. The highest BCUT2D eigenvalue weighted by Gasteiger charge is 2.42. The summed E-state index contributed by atoms with van der Waals surface area (Å²) < 4.78 is 0. The smallest absolute Gasteiger partial charge is 0.278 e. The third-order valence-electron chi connectivity index (χ3n) is 5.56. The Bertz CT molecular complexity index is 951. The number of imide groups is 1. The van der Waals surface area contributed by atoms with Gasteiger partial charge in [0, 0.05) is 37.7 Å². The second-order valence-corrected chi connectivity index (χ2v) is 7.90. The molecule has 1 N–H and O–H groups in total. The van der Waals surface area contributed by atoms with E-state index in [0.717, 1.165) is 24.2 Å². The van der Waals surface area contributed by atoms with Crippen LogP contribution in [0.25, 0.3) is 5.57 Å². The number of aliphatic hydroxyl groups is 1. The summed E-state index contributed by atoms with van der Waals surface area (Å²) in [6.07, 6.45) is 0. The van der Waals surface area contributed by atoms with E-state index in [-0.39, 0.29) is 25.0 Å². The van der Waals surface area contributed by atoms with Crippen LogP contribution in [0.1, 0.15) is 11.1 Å². The fourth-order valence-electron chi connectivity index (χ4n) is 3.97. The van der Waals surface area contributed by atoms with E-state index >= 15 is 0 Å². The fraction of sp³-hybridized carbons (Fsp3) is 0.304. The molecule has 1 saturated heterocycles. The van der Waals surface area contributed by atoms with Crippen LogP contribution in [0.4, 0.5) is 0 Å². The van der Waals surface area contributed by atoms with E-state index in [2.05, 4.69) is 4.90 Å². The minimum Gasteiger partial charge on any atom is -0.395 e. The zero-order chi connectivity index (χ0) is 21.1. The van der Waals surface area contributed by atoms with Crippen LogP contribution in [0.2, 0.25) is 5.02 Å². The van der Waals surface area contributed by atoms with Gasteiger partial charge in [-0.05, 0) is 23.3 Å². The van der Waals surface area contributed by atoms with Crippen molar-refractivity contribution in [2.24, 2.45) is 0 Å². The SMILES string of the molecule is O=C1C(c2ccccc2)=C(N2CCN(CCO)CC2)C(=O)N1Cc1ccc(Cl)cc1. The van der Waals surface area contributed by atoms with Crippen molar-refractivity contribution in [1.82, 2.24) is 14.7 Å². The van der Waals surface area contributed by atoms with E-state index in [9.17, 15) is 14.7 Å². The van der Waals surface area contributed by atoms with Crippen LogP contribution in [0, 0.1) is 0 Å². The van der Waals surface area contributed by atoms with E-state index in [1.165, 1.54) is 4.90 Å². The summed E-state index contributed by atoms with van der Waals surface area (Å²) in [5.74, 6) is -0.529. The second-order valence-electron chi connectivity index (χ2n) is 7.46. The Hall–Kier alpha value is -2.67. The van der Waals surface area contributed by atoms with E-state index in [4.69, 9.17) is 11.6 Å². The molecule has 4 rings (SSSR count). The number of halogens is 1. The maximum atomic E-state index is 13.4. The molecule has 0 aromatic heterocycles. The molecule has 0 radical (unpaired) electrons. The maximum Gasteiger partial charge on any atom is 0.278 e. The summed E-state index contributed by atoms with van der Waals surface area (Å²) in [6.45, 7) is 3.70. The molecular weight excluding hydrogens is 402 g/mol. The number of carbonyl (C=O) groups is 2. The van der Waals surface area contributed by atoms with Crippen molar-refractivity contribution in [3.63, 3.8) is 0 Å². The van der Waals surface area contributed by atoms with Crippen LogP contribution < -0.4 is 0 Å². The van der Waals surface area contributed by atoms with Gasteiger partial charge >= 0.3 is 0 Å². The van der Waals surface area contributed by atoms with Gasteiger partial charge in [0.2, 0.25) is 0 Å². The largest absolute Gasteiger partial charge is 0.395 e. The lowest BCUT2D eigenvalue weighted by Crippen LogP contribution is -2.48. The molecule has 7 heteroatoms. The molecule has 0 aliphatic carbocycles. The predicted octanol–water partition coefficient (Wildman–Crippen LogP) is 2.23. The van der Waals surface area contributed by atoms with Crippen molar-refractivity contribution < 1.29 is 14.7 Å². The number of piperazine rings is 1. The van der Waals surface area contributed by atoms with Crippen LogP contribution in [0.5, 0.6) is 0 Å². The molecule has 156 valence electrons. The first-order valence-corrected chi connectivity index (χ1v) is 10.4. The summed E-state index contributed by atoms with van der Waals surface area (Å²) >= 11 is 5.97. The van der Waals surface area contributed by atoms with Crippen LogP contribution in [0.15, 0.2) is 60.3 Å². The number of benzene rings is 2. The summed E-state index contributed by atoms with van der Waals surface area (Å²) in [5.41, 5.74) is 2.54. The first-order chi connectivity index (χ1) is 14.6. The molecule has 0 bridgehead atoms. The third-order valence-corrected chi connectivity index (χ3v) is 5.82. The minimum atomic E-state index is -0.270. The number of hydrogen-bond acceptors (Lipinski definition) is 5. The van der Waals surface area contributed by atoms with Gasteiger partial charge < -0.3 is 10.0 Å². The summed E-state index contributed by atoms with van der Waals surface area (Å²) in [6, 6.07) is 16.6. The average molecular weight is 426 g/mol. The molecular formula is C23H24ClN3O3. The lowest BCUT2D eigenvalue weighted by Gasteiger charge is -2.36. The molecule has 1 fully saturated rings. The normalized spacial score (nSPS) is 17.9. The Morgan fingerprint density at radius 2 is 1.53 bits per heavy atom. The van der Waals surface area contributed by atoms with Crippen molar-refractivity contribution >= 4 is 29.0 Å². The molecule has 2 amide bonds. The summed E-state index contributed by atoms with van der Waals surface area (Å²) in [7, 11) is 0. The van der Waals surface area contributed by atoms with Crippen molar-refractivity contribution in [2.45, 2.75) is 6.54 Å². The Kier molecular flexibility index (Phi) is 6.18. The van der Waals surface area contributed by atoms with Crippen LogP contribution in [-0.4, -0.2) is 71.0 Å². The molecule has 0 saturated carbocycles. The van der Waals surface area contributed by atoms with Gasteiger partial charge in [-0.2, -0.15) is 0 Å². The highest BCUT2D eigenvalue weighted by atomic mass is 35.5. The Morgan fingerprint density at radius 1 is 0.867 bits per heavy atom. The van der Waals surface area contributed by atoms with Crippen molar-refractivity contribution in [1.29, 1.82) is 0 Å². The fourth-order valence-corrected chi connectivity index (χ4v) is 4.10. The van der Waals surface area contributed by atoms with Crippen molar-refractivity contribution in [3.05, 3.63) is 76.4 Å². The Balaban J connectivity index is 1.64. The number of amides is 2. The van der Waals surface area contributed by atoms with E-state index in [0.29, 0.717) is 35.9 Å². The number of β-amino-alcohol motifs (C(OH)–C–C–N with tert-alkyl or cyclic N) is 1. The molecule has 2 aliphatic heterocycles. The first-order valence-electron chi connectivity index (χ1n) is 10.1. The molecule has 6 nitrogen and oxygen atoms in total. The average Bonchev–Trinajstić information content (AvgIpc) is 3.01. The number of hydrogen-bond donors (Lipinski definition) is 1. The molecule has 0 unspecified atom stereocenters.